The monoisotopic (exact) mass is 580 g/mol. The summed E-state index contributed by atoms with van der Waals surface area (Å²) in [5, 5.41) is 14.2. The van der Waals surface area contributed by atoms with Crippen molar-refractivity contribution in [2.24, 2.45) is 0 Å². The van der Waals surface area contributed by atoms with Crippen LogP contribution in [0, 0.1) is 10.1 Å². The average Bonchev–Trinajstić information content (AvgIpc) is 3.32. The minimum absolute atomic E-state index is 0.00878. The Balaban J connectivity index is 1.90. The summed E-state index contributed by atoms with van der Waals surface area (Å²) in [6.45, 7) is 1.07. The van der Waals surface area contributed by atoms with Crippen LogP contribution in [0.2, 0.25) is 0 Å². The van der Waals surface area contributed by atoms with Gasteiger partial charge in [0, 0.05) is 29.2 Å². The molecule has 36 heavy (non-hydrogen) atoms. The van der Waals surface area contributed by atoms with Gasteiger partial charge in [0.2, 0.25) is 21.8 Å². The molecular weight excluding hydrogens is 552 g/mol. The lowest BCUT2D eigenvalue weighted by Crippen LogP contribution is -2.52. The van der Waals surface area contributed by atoms with Gasteiger partial charge in [-0.3, -0.25) is 24.0 Å². The number of nitro benzene ring substituents is 1. The number of hydrogen-bond donors (Lipinski definition) is 1. The van der Waals surface area contributed by atoms with E-state index in [1.54, 1.807) is 13.0 Å². The first-order chi connectivity index (χ1) is 17.0. The normalized spacial score (nSPS) is 14.8. The molecule has 2 aromatic carbocycles. The zero-order valence-electron chi connectivity index (χ0n) is 20.1. The Labute approximate surface area is 219 Å². The fraction of sp³-hybridized carbons (Fsp3) is 0.417. The molecule has 1 aliphatic carbocycles. The standard InChI is InChI=1S/C24H29BrN4O6S/c1-17(24(31)26-20-9-3-4-10-20)27(15-18-7-5-8-19(25)13-18)23(30)16-28(36(2,34)35)21-11-6-12-22(14-21)29(32)33/h5-8,11-14,17,20H,3-4,9-10,15-16H2,1-2H3,(H,26,31)/t17-/m1/s1. The molecule has 0 saturated heterocycles. The molecule has 0 aromatic heterocycles. The van der Waals surface area contributed by atoms with Crippen molar-refractivity contribution in [1.29, 1.82) is 0 Å². The maximum atomic E-state index is 13.6. The zero-order valence-corrected chi connectivity index (χ0v) is 22.5. The number of hydrogen-bond acceptors (Lipinski definition) is 6. The van der Waals surface area contributed by atoms with Crippen LogP contribution in [0.15, 0.2) is 53.0 Å². The van der Waals surface area contributed by atoms with E-state index in [1.165, 1.54) is 23.1 Å². The van der Waals surface area contributed by atoms with Crippen molar-refractivity contribution in [3.8, 4) is 0 Å². The first-order valence-electron chi connectivity index (χ1n) is 11.5. The van der Waals surface area contributed by atoms with E-state index in [2.05, 4.69) is 21.2 Å². The topological polar surface area (TPSA) is 130 Å². The molecule has 1 N–H and O–H groups in total. The van der Waals surface area contributed by atoms with Crippen LogP contribution < -0.4 is 9.62 Å². The number of sulfonamides is 1. The Kier molecular flexibility index (Phi) is 9.07. The van der Waals surface area contributed by atoms with Gasteiger partial charge in [-0.05, 0) is 43.5 Å². The van der Waals surface area contributed by atoms with Gasteiger partial charge in [0.15, 0.2) is 0 Å². The van der Waals surface area contributed by atoms with Gasteiger partial charge in [-0.25, -0.2) is 8.42 Å². The lowest BCUT2D eigenvalue weighted by Gasteiger charge is -2.32. The molecular formula is C24H29BrN4O6S. The van der Waals surface area contributed by atoms with Gasteiger partial charge in [-0.1, -0.05) is 47.0 Å². The molecule has 0 radical (unpaired) electrons. The first kappa shape index (κ1) is 27.6. The second-order valence-corrected chi connectivity index (χ2v) is 11.7. The summed E-state index contributed by atoms with van der Waals surface area (Å²) in [6, 6.07) is 11.5. The van der Waals surface area contributed by atoms with Crippen LogP contribution in [-0.2, 0) is 26.2 Å². The maximum Gasteiger partial charge on any atom is 0.271 e. The van der Waals surface area contributed by atoms with Crippen LogP contribution in [0.4, 0.5) is 11.4 Å². The van der Waals surface area contributed by atoms with Crippen molar-refractivity contribution >= 4 is 49.1 Å². The summed E-state index contributed by atoms with van der Waals surface area (Å²) in [6.07, 6.45) is 4.76. The number of carbonyl (C=O) groups is 2. The Morgan fingerprint density at radius 1 is 1.17 bits per heavy atom. The van der Waals surface area contributed by atoms with E-state index in [-0.39, 0.29) is 29.9 Å². The summed E-state index contributed by atoms with van der Waals surface area (Å²) >= 11 is 3.40. The molecule has 0 spiro atoms. The highest BCUT2D eigenvalue weighted by atomic mass is 79.9. The van der Waals surface area contributed by atoms with Crippen molar-refractivity contribution in [2.75, 3.05) is 17.1 Å². The third-order valence-corrected chi connectivity index (χ3v) is 7.75. The van der Waals surface area contributed by atoms with E-state index < -0.39 is 33.4 Å². The molecule has 10 nitrogen and oxygen atoms in total. The third kappa shape index (κ3) is 7.26. The van der Waals surface area contributed by atoms with Crippen LogP contribution in [0.5, 0.6) is 0 Å². The Bertz CT molecular complexity index is 1230. The lowest BCUT2D eigenvalue weighted by molar-refractivity contribution is -0.384. The van der Waals surface area contributed by atoms with Gasteiger partial charge < -0.3 is 10.2 Å². The average molecular weight is 581 g/mol. The summed E-state index contributed by atoms with van der Waals surface area (Å²) < 4.78 is 26.8. The number of rotatable bonds is 10. The minimum Gasteiger partial charge on any atom is -0.352 e. The predicted molar refractivity (Wildman–Crippen MR) is 140 cm³/mol. The van der Waals surface area contributed by atoms with Crippen molar-refractivity contribution in [1.82, 2.24) is 10.2 Å². The summed E-state index contributed by atoms with van der Waals surface area (Å²) in [4.78, 5) is 38.5. The molecule has 1 atom stereocenters. The smallest absolute Gasteiger partial charge is 0.271 e. The number of amides is 2. The van der Waals surface area contributed by atoms with E-state index in [4.69, 9.17) is 0 Å². The molecule has 0 heterocycles. The Morgan fingerprint density at radius 2 is 1.83 bits per heavy atom. The van der Waals surface area contributed by atoms with E-state index in [1.807, 2.05) is 18.2 Å². The fourth-order valence-corrected chi connectivity index (χ4v) is 5.47. The number of anilines is 1. The molecule has 12 heteroatoms. The highest BCUT2D eigenvalue weighted by Crippen LogP contribution is 2.24. The van der Waals surface area contributed by atoms with Crippen LogP contribution >= 0.6 is 15.9 Å². The molecule has 0 bridgehead atoms. The first-order valence-corrected chi connectivity index (χ1v) is 14.2. The van der Waals surface area contributed by atoms with Crippen LogP contribution in [-0.4, -0.2) is 54.9 Å². The molecule has 3 rings (SSSR count). The fourth-order valence-electron chi connectivity index (χ4n) is 4.18. The second-order valence-electron chi connectivity index (χ2n) is 8.86. The number of carbonyl (C=O) groups excluding carboxylic acids is 2. The molecule has 0 aliphatic heterocycles. The van der Waals surface area contributed by atoms with Gasteiger partial charge in [-0.2, -0.15) is 0 Å². The highest BCUT2D eigenvalue weighted by molar-refractivity contribution is 9.10. The van der Waals surface area contributed by atoms with E-state index in [0.29, 0.717) is 0 Å². The van der Waals surface area contributed by atoms with Crippen LogP contribution in [0.1, 0.15) is 38.2 Å². The molecule has 2 amide bonds. The zero-order chi connectivity index (χ0) is 26.5. The van der Waals surface area contributed by atoms with Crippen molar-refractivity contribution in [3.05, 3.63) is 68.7 Å². The van der Waals surface area contributed by atoms with Crippen molar-refractivity contribution < 1.29 is 22.9 Å². The molecule has 194 valence electrons. The van der Waals surface area contributed by atoms with Gasteiger partial charge in [0.25, 0.3) is 5.69 Å². The van der Waals surface area contributed by atoms with E-state index in [9.17, 15) is 28.1 Å². The van der Waals surface area contributed by atoms with Crippen LogP contribution in [0.3, 0.4) is 0 Å². The third-order valence-electron chi connectivity index (χ3n) is 6.12. The Morgan fingerprint density at radius 3 is 2.44 bits per heavy atom. The number of nitro groups is 1. The maximum absolute atomic E-state index is 13.6. The van der Waals surface area contributed by atoms with Gasteiger partial charge in [0.1, 0.15) is 12.6 Å². The van der Waals surface area contributed by atoms with Gasteiger partial charge >= 0.3 is 0 Å². The molecule has 1 aliphatic rings. The number of nitrogens with one attached hydrogen (secondary N) is 1. The number of non-ortho nitro benzene ring substituents is 1. The van der Waals surface area contributed by atoms with Crippen molar-refractivity contribution in [3.63, 3.8) is 0 Å². The quantitative estimate of drug-likeness (QED) is 0.337. The number of benzene rings is 2. The predicted octanol–water partition coefficient (Wildman–Crippen LogP) is 3.60. The van der Waals surface area contributed by atoms with Crippen LogP contribution in [0.25, 0.3) is 0 Å². The molecule has 0 unspecified atom stereocenters. The van der Waals surface area contributed by atoms with Gasteiger partial charge in [-0.15, -0.1) is 0 Å². The lowest BCUT2D eigenvalue weighted by atomic mass is 10.1. The summed E-state index contributed by atoms with van der Waals surface area (Å²) in [7, 11) is -3.98. The Hall–Kier alpha value is -2.99. The molecule has 1 saturated carbocycles. The van der Waals surface area contributed by atoms with Gasteiger partial charge in [0.05, 0.1) is 16.9 Å². The largest absolute Gasteiger partial charge is 0.352 e. The number of halogens is 1. The van der Waals surface area contributed by atoms with E-state index >= 15 is 0 Å². The minimum atomic E-state index is -3.98. The highest BCUT2D eigenvalue weighted by Gasteiger charge is 2.31. The number of nitrogens with zero attached hydrogens (tertiary/aromatic N) is 3. The molecule has 2 aromatic rings. The second kappa shape index (κ2) is 11.8. The summed E-state index contributed by atoms with van der Waals surface area (Å²) in [5.41, 5.74) is 0.439. The molecule has 1 fully saturated rings. The van der Waals surface area contributed by atoms with E-state index in [0.717, 1.165) is 52.3 Å². The summed E-state index contributed by atoms with van der Waals surface area (Å²) in [5.74, 6) is -0.924. The van der Waals surface area contributed by atoms with Crippen molar-refractivity contribution in [2.45, 2.75) is 51.2 Å². The SMILES string of the molecule is C[C@H](C(=O)NC1CCCC1)N(Cc1cccc(Br)c1)C(=O)CN(c1cccc([N+](=O)[O-])c1)S(C)(=O)=O.